The van der Waals surface area contributed by atoms with Gasteiger partial charge in [-0.2, -0.15) is 0 Å². The molecule has 2 aliphatic carbocycles. The van der Waals surface area contributed by atoms with Gasteiger partial charge in [0.05, 0.1) is 17.9 Å². The molecule has 2 aliphatic heterocycles. The van der Waals surface area contributed by atoms with Crippen LogP contribution in [0.5, 0.6) is 5.75 Å². The highest BCUT2D eigenvalue weighted by Gasteiger charge is 2.66. The summed E-state index contributed by atoms with van der Waals surface area (Å²) in [6, 6.07) is 6.93. The van der Waals surface area contributed by atoms with E-state index in [-0.39, 0.29) is 35.4 Å². The fourth-order valence-corrected chi connectivity index (χ4v) is 6.82. The van der Waals surface area contributed by atoms with E-state index in [9.17, 15) is 19.8 Å². The van der Waals surface area contributed by atoms with Crippen molar-refractivity contribution < 1.29 is 24.5 Å². The molecule has 2 heterocycles. The molecule has 1 aromatic rings. The molecule has 2 saturated carbocycles. The summed E-state index contributed by atoms with van der Waals surface area (Å²) in [7, 11) is 0. The first-order chi connectivity index (χ1) is 14.9. The zero-order chi connectivity index (χ0) is 21.8. The minimum Gasteiger partial charge on any atom is -0.508 e. The molecule has 6 atom stereocenters. The van der Waals surface area contributed by atoms with Crippen LogP contribution in [0, 0.1) is 23.7 Å². The smallest absolute Gasteiger partial charge is 0.233 e. The fraction of sp³-hybridized carbons (Fsp3) is 0.680. The van der Waals surface area contributed by atoms with Crippen LogP contribution < -0.4 is 0 Å². The van der Waals surface area contributed by atoms with Gasteiger partial charge in [0.1, 0.15) is 5.75 Å². The number of phenolic OH excluding ortho intramolecular Hbond substituents is 1. The van der Waals surface area contributed by atoms with E-state index in [0.717, 1.165) is 44.1 Å². The van der Waals surface area contributed by atoms with Crippen LogP contribution in [0.25, 0.3) is 0 Å². The van der Waals surface area contributed by atoms with Crippen molar-refractivity contribution >= 4 is 11.8 Å². The van der Waals surface area contributed by atoms with Gasteiger partial charge in [0, 0.05) is 17.9 Å². The van der Waals surface area contributed by atoms with Crippen molar-refractivity contribution in [3.8, 4) is 5.75 Å². The number of likely N-dealkylation sites (tertiary alicyclic amines) is 1. The van der Waals surface area contributed by atoms with Crippen LogP contribution in [0.1, 0.15) is 76.4 Å². The number of nitrogens with zero attached hydrogens (tertiary/aromatic N) is 1. The maximum Gasteiger partial charge on any atom is 0.233 e. The number of hydrogen-bond donors (Lipinski definition) is 2. The number of carbonyl (C=O) groups excluding carboxylic acids is 2. The summed E-state index contributed by atoms with van der Waals surface area (Å²) in [6.45, 7) is 2.07. The zero-order valence-electron chi connectivity index (χ0n) is 18.2. The second-order valence-electron chi connectivity index (χ2n) is 9.99. The van der Waals surface area contributed by atoms with Crippen molar-refractivity contribution in [3.05, 3.63) is 29.8 Å². The van der Waals surface area contributed by atoms with E-state index in [1.807, 2.05) is 6.07 Å². The Morgan fingerprint density at radius 3 is 2.61 bits per heavy atom. The number of hydrogen-bond acceptors (Lipinski definition) is 5. The summed E-state index contributed by atoms with van der Waals surface area (Å²) < 4.78 is 6.29. The number of rotatable bonds is 4. The molecule has 5 rings (SSSR count). The van der Waals surface area contributed by atoms with Crippen molar-refractivity contribution in [3.63, 3.8) is 0 Å². The molecule has 4 fully saturated rings. The summed E-state index contributed by atoms with van der Waals surface area (Å²) in [6.07, 6.45) is 7.31. The topological polar surface area (TPSA) is 87.1 Å². The van der Waals surface area contributed by atoms with Crippen LogP contribution >= 0.6 is 0 Å². The highest BCUT2D eigenvalue weighted by Crippen LogP contribution is 2.59. The summed E-state index contributed by atoms with van der Waals surface area (Å²) in [5.41, 5.74) is 0.801. The van der Waals surface area contributed by atoms with Gasteiger partial charge in [-0.15, -0.1) is 0 Å². The van der Waals surface area contributed by atoms with Crippen molar-refractivity contribution in [2.24, 2.45) is 23.7 Å². The van der Waals surface area contributed by atoms with Gasteiger partial charge in [-0.05, 0) is 49.8 Å². The van der Waals surface area contributed by atoms with E-state index in [1.54, 1.807) is 23.1 Å². The molecular weight excluding hydrogens is 394 g/mol. The van der Waals surface area contributed by atoms with E-state index in [4.69, 9.17) is 4.74 Å². The molecule has 6 nitrogen and oxygen atoms in total. The lowest BCUT2D eigenvalue weighted by atomic mass is 9.63. The molecule has 2 N–H and O–H groups in total. The lowest BCUT2D eigenvalue weighted by Gasteiger charge is -2.44. The Hall–Kier alpha value is -1.92. The van der Waals surface area contributed by atoms with E-state index in [1.165, 1.54) is 6.42 Å². The predicted octanol–water partition coefficient (Wildman–Crippen LogP) is 3.91. The van der Waals surface area contributed by atoms with Crippen LogP contribution in [-0.2, 0) is 14.3 Å². The second-order valence-corrected chi connectivity index (χ2v) is 9.99. The van der Waals surface area contributed by atoms with E-state index in [2.05, 4.69) is 6.92 Å². The third-order valence-corrected chi connectivity index (χ3v) is 8.22. The lowest BCUT2D eigenvalue weighted by Crippen LogP contribution is -2.53. The number of ether oxygens (including phenoxy) is 1. The monoisotopic (exact) mass is 427 g/mol. The Kier molecular flexibility index (Phi) is 5.33. The number of benzene rings is 1. The molecule has 1 aromatic carbocycles. The van der Waals surface area contributed by atoms with E-state index < -0.39 is 23.7 Å². The Balaban J connectivity index is 1.48. The minimum atomic E-state index is -1.41. The molecule has 0 bridgehead atoms. The van der Waals surface area contributed by atoms with Gasteiger partial charge in [-0.1, -0.05) is 44.7 Å². The van der Waals surface area contributed by atoms with Gasteiger partial charge in [0.15, 0.2) is 5.79 Å². The Labute approximate surface area is 183 Å². The van der Waals surface area contributed by atoms with Crippen LogP contribution in [-0.4, -0.2) is 38.8 Å². The third kappa shape index (κ3) is 3.30. The molecule has 0 aromatic heterocycles. The average molecular weight is 428 g/mol. The average Bonchev–Trinajstić information content (AvgIpc) is 3.24. The van der Waals surface area contributed by atoms with Gasteiger partial charge in [0.25, 0.3) is 0 Å². The summed E-state index contributed by atoms with van der Waals surface area (Å²) in [4.78, 5) is 28.6. The van der Waals surface area contributed by atoms with Gasteiger partial charge < -0.3 is 14.9 Å². The number of fused-ring (bicyclic) bond motifs is 3. The summed E-state index contributed by atoms with van der Waals surface area (Å²) in [5, 5.41) is 21.7. The molecule has 0 radical (unpaired) electrons. The number of imide groups is 1. The first kappa shape index (κ1) is 21.0. The lowest BCUT2D eigenvalue weighted by molar-refractivity contribution is -0.270. The molecule has 0 spiro atoms. The molecule has 0 unspecified atom stereocenters. The molecule has 6 heteroatoms. The standard InChI is InChI=1S/C25H33NO5/c1-2-7-16-13-19-22(24(29)26(23(19)28)17-9-4-3-5-10-17)20-14-21(31-25(16,20)30)15-8-6-11-18(27)12-15/h6,8,11-12,16-17,19-22,27,30H,2-5,7,9-10,13-14H2,1H3/t16-,19-,20-,21-,22-,25+/m0/s1. The molecule has 2 saturated heterocycles. The van der Waals surface area contributed by atoms with E-state index >= 15 is 0 Å². The molecule has 2 amide bonds. The van der Waals surface area contributed by atoms with Crippen LogP contribution in [0.4, 0.5) is 0 Å². The highest BCUT2D eigenvalue weighted by atomic mass is 16.6. The van der Waals surface area contributed by atoms with Gasteiger partial charge in [-0.3, -0.25) is 14.5 Å². The zero-order valence-corrected chi connectivity index (χ0v) is 18.2. The van der Waals surface area contributed by atoms with E-state index in [0.29, 0.717) is 12.8 Å². The Bertz CT molecular complexity index is 865. The minimum absolute atomic E-state index is 0.0151. The number of carbonyl (C=O) groups is 2. The largest absolute Gasteiger partial charge is 0.508 e. The van der Waals surface area contributed by atoms with Crippen molar-refractivity contribution in [2.45, 2.75) is 82.6 Å². The normalized spacial score (nSPS) is 38.4. The van der Waals surface area contributed by atoms with Crippen molar-refractivity contribution in [2.75, 3.05) is 0 Å². The Morgan fingerprint density at radius 2 is 1.90 bits per heavy atom. The predicted molar refractivity (Wildman–Crippen MR) is 114 cm³/mol. The Morgan fingerprint density at radius 1 is 1.13 bits per heavy atom. The SMILES string of the molecule is CCC[C@H]1C[C@@H]2C(=O)N(C3CCCCC3)C(=O)[C@@H]2[C@@H]2C[C@@H](c3cccc(O)c3)O[C@]12O. The van der Waals surface area contributed by atoms with Gasteiger partial charge in [-0.25, -0.2) is 0 Å². The second kappa shape index (κ2) is 7.89. The molecule has 31 heavy (non-hydrogen) atoms. The number of amides is 2. The first-order valence-electron chi connectivity index (χ1n) is 12.0. The summed E-state index contributed by atoms with van der Waals surface area (Å²) in [5.74, 6) is -2.80. The number of aromatic hydroxyl groups is 1. The molecule has 4 aliphatic rings. The quantitative estimate of drug-likeness (QED) is 0.712. The van der Waals surface area contributed by atoms with Gasteiger partial charge >= 0.3 is 0 Å². The van der Waals surface area contributed by atoms with Gasteiger partial charge in [0.2, 0.25) is 11.8 Å². The fourth-order valence-electron chi connectivity index (χ4n) is 6.82. The van der Waals surface area contributed by atoms with Crippen LogP contribution in [0.3, 0.4) is 0 Å². The molecule has 168 valence electrons. The molecular formula is C25H33NO5. The maximum atomic E-state index is 13.6. The van der Waals surface area contributed by atoms with Crippen LogP contribution in [0.2, 0.25) is 0 Å². The summed E-state index contributed by atoms with van der Waals surface area (Å²) >= 11 is 0. The highest BCUT2D eigenvalue weighted by molar-refractivity contribution is 6.05. The van der Waals surface area contributed by atoms with Crippen molar-refractivity contribution in [1.29, 1.82) is 0 Å². The number of aliphatic hydroxyl groups is 1. The maximum absolute atomic E-state index is 13.6. The van der Waals surface area contributed by atoms with Crippen LogP contribution in [0.15, 0.2) is 24.3 Å². The number of phenols is 1. The first-order valence-corrected chi connectivity index (χ1v) is 12.0. The third-order valence-electron chi connectivity index (χ3n) is 8.22. The van der Waals surface area contributed by atoms with Crippen molar-refractivity contribution in [1.82, 2.24) is 4.90 Å².